The number of nitrogens with one attached hydrogen (secondary N) is 1. The van der Waals surface area contributed by atoms with Crippen molar-refractivity contribution in [2.45, 2.75) is 25.4 Å². The Morgan fingerprint density at radius 3 is 2.38 bits per heavy atom. The average molecular weight is 396 g/mol. The monoisotopic (exact) mass is 396 g/mol. The van der Waals surface area contributed by atoms with Gasteiger partial charge in [-0.3, -0.25) is 19.7 Å². The molecule has 150 valence electrons. The van der Waals surface area contributed by atoms with Crippen LogP contribution in [0.15, 0.2) is 54.6 Å². The van der Waals surface area contributed by atoms with Gasteiger partial charge in [-0.25, -0.2) is 9.29 Å². The van der Waals surface area contributed by atoms with Crippen molar-refractivity contribution < 1.29 is 23.5 Å². The molecular formula is C22H21FN2O4. The number of rotatable bonds is 4. The third-order valence-electron chi connectivity index (χ3n) is 5.73. The SMILES string of the molecule is CCOC(=O)[C@]1(C)N[C@@H](c2ccc(F)cc2)[C@H]2C(=O)N(c3ccccc3)C(=O)[C@@H]21. The van der Waals surface area contributed by atoms with Gasteiger partial charge < -0.3 is 4.74 Å². The van der Waals surface area contributed by atoms with Crippen LogP contribution in [0.1, 0.15) is 25.5 Å². The number of hydrogen-bond acceptors (Lipinski definition) is 5. The zero-order valence-electron chi connectivity index (χ0n) is 16.1. The third-order valence-corrected chi connectivity index (χ3v) is 5.73. The first kappa shape index (κ1) is 19.3. The molecule has 7 heteroatoms. The van der Waals surface area contributed by atoms with E-state index in [1.807, 2.05) is 0 Å². The molecule has 0 aromatic heterocycles. The molecule has 2 heterocycles. The average Bonchev–Trinajstić information content (AvgIpc) is 3.17. The van der Waals surface area contributed by atoms with Crippen LogP contribution in [-0.4, -0.2) is 29.9 Å². The number of hydrogen-bond donors (Lipinski definition) is 1. The first-order valence-corrected chi connectivity index (χ1v) is 9.51. The second-order valence-electron chi connectivity index (χ2n) is 7.45. The number of imide groups is 1. The van der Waals surface area contributed by atoms with E-state index in [0.717, 1.165) is 4.90 Å². The third kappa shape index (κ3) is 2.93. The van der Waals surface area contributed by atoms with Crippen LogP contribution in [0, 0.1) is 17.7 Å². The van der Waals surface area contributed by atoms with Crippen LogP contribution >= 0.6 is 0 Å². The highest BCUT2D eigenvalue weighted by Crippen LogP contribution is 2.49. The van der Waals surface area contributed by atoms with Crippen LogP contribution in [0.3, 0.4) is 0 Å². The maximum absolute atomic E-state index is 13.4. The van der Waals surface area contributed by atoms with Gasteiger partial charge in [-0.1, -0.05) is 30.3 Å². The van der Waals surface area contributed by atoms with E-state index in [2.05, 4.69) is 5.32 Å². The van der Waals surface area contributed by atoms with E-state index in [1.165, 1.54) is 12.1 Å². The van der Waals surface area contributed by atoms with E-state index in [0.29, 0.717) is 11.3 Å². The van der Waals surface area contributed by atoms with E-state index in [-0.39, 0.29) is 12.5 Å². The van der Waals surface area contributed by atoms with Gasteiger partial charge in [0, 0.05) is 6.04 Å². The standard InChI is InChI=1S/C22H21FN2O4/c1-3-29-21(28)22(2)17-16(18(24-22)13-9-11-14(23)12-10-13)19(26)25(20(17)27)15-7-5-4-6-8-15/h4-12,16-18,24H,3H2,1-2H3/t16-,17+,18-,22+/m0/s1. The second kappa shape index (κ2) is 7.08. The van der Waals surface area contributed by atoms with Gasteiger partial charge in [0.25, 0.3) is 0 Å². The van der Waals surface area contributed by atoms with Crippen LogP contribution < -0.4 is 10.2 Å². The Hall–Kier alpha value is -3.06. The van der Waals surface area contributed by atoms with Crippen molar-refractivity contribution in [3.05, 3.63) is 66.0 Å². The summed E-state index contributed by atoms with van der Waals surface area (Å²) in [5, 5.41) is 3.16. The topological polar surface area (TPSA) is 75.7 Å². The van der Waals surface area contributed by atoms with Gasteiger partial charge in [0.1, 0.15) is 11.4 Å². The summed E-state index contributed by atoms with van der Waals surface area (Å²) < 4.78 is 18.6. The quantitative estimate of drug-likeness (QED) is 0.635. The van der Waals surface area contributed by atoms with E-state index in [4.69, 9.17) is 4.74 Å². The number of carbonyl (C=O) groups excluding carboxylic acids is 3. The van der Waals surface area contributed by atoms with Crippen LogP contribution in [0.4, 0.5) is 10.1 Å². The lowest BCUT2D eigenvalue weighted by molar-refractivity contribution is -0.153. The van der Waals surface area contributed by atoms with Gasteiger partial charge in [0.05, 0.1) is 24.1 Å². The van der Waals surface area contributed by atoms with Gasteiger partial charge in [0.15, 0.2) is 0 Å². The molecule has 0 unspecified atom stereocenters. The smallest absolute Gasteiger partial charge is 0.326 e. The van der Waals surface area contributed by atoms with E-state index >= 15 is 0 Å². The van der Waals surface area contributed by atoms with Crippen molar-refractivity contribution in [1.82, 2.24) is 5.32 Å². The number of amides is 2. The summed E-state index contributed by atoms with van der Waals surface area (Å²) >= 11 is 0. The lowest BCUT2D eigenvalue weighted by Crippen LogP contribution is -2.54. The van der Waals surface area contributed by atoms with Crippen molar-refractivity contribution in [2.75, 3.05) is 11.5 Å². The summed E-state index contributed by atoms with van der Waals surface area (Å²) in [6.45, 7) is 3.42. The summed E-state index contributed by atoms with van der Waals surface area (Å²) in [6.07, 6.45) is 0. The lowest BCUT2D eigenvalue weighted by Gasteiger charge is -2.29. The minimum atomic E-state index is -1.38. The highest BCUT2D eigenvalue weighted by Gasteiger charge is 2.67. The Morgan fingerprint density at radius 2 is 1.76 bits per heavy atom. The van der Waals surface area contributed by atoms with Crippen molar-refractivity contribution in [2.24, 2.45) is 11.8 Å². The van der Waals surface area contributed by atoms with Gasteiger partial charge in [-0.2, -0.15) is 0 Å². The summed E-state index contributed by atoms with van der Waals surface area (Å²) in [5.74, 6) is -3.56. The number of esters is 1. The zero-order chi connectivity index (χ0) is 20.8. The van der Waals surface area contributed by atoms with E-state index in [9.17, 15) is 18.8 Å². The fraction of sp³-hybridized carbons (Fsp3) is 0.318. The molecule has 6 nitrogen and oxygen atoms in total. The van der Waals surface area contributed by atoms with E-state index in [1.54, 1.807) is 56.3 Å². The number of para-hydroxylation sites is 1. The molecule has 2 fully saturated rings. The lowest BCUT2D eigenvalue weighted by atomic mass is 9.80. The molecule has 2 amide bonds. The number of halogens is 1. The number of anilines is 1. The Bertz CT molecular complexity index is 963. The van der Waals surface area contributed by atoms with Crippen LogP contribution in [0.5, 0.6) is 0 Å². The van der Waals surface area contributed by atoms with Crippen LogP contribution in [-0.2, 0) is 19.1 Å². The fourth-order valence-corrected chi connectivity index (χ4v) is 4.40. The van der Waals surface area contributed by atoms with E-state index < -0.39 is 41.1 Å². The molecule has 0 saturated carbocycles. The van der Waals surface area contributed by atoms with Gasteiger partial charge in [-0.15, -0.1) is 0 Å². The summed E-state index contributed by atoms with van der Waals surface area (Å²) in [5.41, 5.74) is -0.290. The molecule has 1 N–H and O–H groups in total. The molecule has 4 atom stereocenters. The second-order valence-corrected chi connectivity index (χ2v) is 7.45. The predicted octanol–water partition coefficient (Wildman–Crippen LogP) is 2.60. The number of nitrogens with zero attached hydrogens (tertiary/aromatic N) is 1. The van der Waals surface area contributed by atoms with Crippen molar-refractivity contribution >= 4 is 23.5 Å². The molecule has 0 radical (unpaired) electrons. The van der Waals surface area contributed by atoms with Crippen LogP contribution in [0.25, 0.3) is 0 Å². The maximum Gasteiger partial charge on any atom is 0.326 e. The number of fused-ring (bicyclic) bond motifs is 1. The largest absolute Gasteiger partial charge is 0.465 e. The Balaban J connectivity index is 1.81. The summed E-state index contributed by atoms with van der Waals surface area (Å²) in [7, 11) is 0. The molecule has 2 aliphatic heterocycles. The van der Waals surface area contributed by atoms with Crippen molar-refractivity contribution in [3.63, 3.8) is 0 Å². The maximum atomic E-state index is 13.4. The van der Waals surface area contributed by atoms with Gasteiger partial charge in [-0.05, 0) is 43.7 Å². The summed E-state index contributed by atoms with van der Waals surface area (Å²) in [4.78, 5) is 40.7. The zero-order valence-corrected chi connectivity index (χ0v) is 16.1. The summed E-state index contributed by atoms with van der Waals surface area (Å²) in [6, 6.07) is 13.7. The fourth-order valence-electron chi connectivity index (χ4n) is 4.40. The minimum absolute atomic E-state index is 0.152. The molecule has 4 rings (SSSR count). The molecule has 2 aromatic rings. The highest BCUT2D eigenvalue weighted by atomic mass is 19.1. The number of carbonyl (C=O) groups is 3. The molecule has 2 saturated heterocycles. The Labute approximate surface area is 167 Å². The van der Waals surface area contributed by atoms with Crippen LogP contribution in [0.2, 0.25) is 0 Å². The number of ether oxygens (including phenoxy) is 1. The van der Waals surface area contributed by atoms with Crippen molar-refractivity contribution in [3.8, 4) is 0 Å². The van der Waals surface area contributed by atoms with Gasteiger partial charge in [0.2, 0.25) is 11.8 Å². The highest BCUT2D eigenvalue weighted by molar-refractivity contribution is 6.24. The molecule has 29 heavy (non-hydrogen) atoms. The molecule has 0 bridgehead atoms. The normalized spacial score (nSPS) is 28.5. The first-order chi connectivity index (χ1) is 13.9. The molecule has 2 aliphatic rings. The van der Waals surface area contributed by atoms with Crippen molar-refractivity contribution in [1.29, 1.82) is 0 Å². The molecule has 0 aliphatic carbocycles. The molecule has 0 spiro atoms. The minimum Gasteiger partial charge on any atom is -0.465 e. The Kier molecular flexibility index (Phi) is 4.70. The number of benzene rings is 2. The predicted molar refractivity (Wildman–Crippen MR) is 103 cm³/mol. The Morgan fingerprint density at radius 1 is 1.10 bits per heavy atom. The first-order valence-electron chi connectivity index (χ1n) is 9.51. The molecule has 2 aromatic carbocycles. The van der Waals surface area contributed by atoms with Gasteiger partial charge >= 0.3 is 5.97 Å². The molecular weight excluding hydrogens is 375 g/mol.